The molecule has 0 aromatic heterocycles. The van der Waals surface area contributed by atoms with Crippen molar-refractivity contribution in [3.05, 3.63) is 0 Å². The maximum absolute atomic E-state index is 5.18. The van der Waals surface area contributed by atoms with E-state index >= 15 is 0 Å². The number of rotatable bonds is 4. The monoisotopic (exact) mass is 128 g/mol. The normalized spacial score (nSPS) is 11.3. The molecular formula is C5H12N4. The van der Waals surface area contributed by atoms with Gasteiger partial charge in [0.1, 0.15) is 6.34 Å². The highest BCUT2D eigenvalue weighted by Gasteiger charge is 1.69. The topological polar surface area (TPSA) is 62.8 Å². The van der Waals surface area contributed by atoms with Gasteiger partial charge in [-0.1, -0.05) is 0 Å². The van der Waals surface area contributed by atoms with Crippen LogP contribution in [0.2, 0.25) is 0 Å². The first-order valence-electron chi connectivity index (χ1n) is 2.82. The molecule has 0 amide bonds. The van der Waals surface area contributed by atoms with E-state index in [1.54, 1.807) is 13.3 Å². The third-order valence-electron chi connectivity index (χ3n) is 0.631. The van der Waals surface area contributed by atoms with Crippen LogP contribution in [0, 0.1) is 0 Å². The van der Waals surface area contributed by atoms with Crippen LogP contribution >= 0.6 is 0 Å². The summed E-state index contributed by atoms with van der Waals surface area (Å²) in [6.07, 6.45) is 3.96. The molecule has 0 aliphatic rings. The number of nitrogens with zero attached hydrogens (tertiary/aromatic N) is 2. The summed E-state index contributed by atoms with van der Waals surface area (Å²) in [6.45, 7) is 0.624. The van der Waals surface area contributed by atoms with E-state index in [0.717, 1.165) is 6.42 Å². The Morgan fingerprint density at radius 2 is 2.33 bits per heavy atom. The molecule has 0 aromatic carbocycles. The molecule has 0 aliphatic carbocycles. The van der Waals surface area contributed by atoms with Gasteiger partial charge >= 0.3 is 0 Å². The van der Waals surface area contributed by atoms with Crippen molar-refractivity contribution in [2.24, 2.45) is 15.9 Å². The summed E-state index contributed by atoms with van der Waals surface area (Å²) in [5.41, 5.74) is 5.18. The Bertz CT molecular complexity index is 97.1. The molecule has 9 heavy (non-hydrogen) atoms. The molecule has 0 spiro atoms. The Hall–Kier alpha value is -0.900. The zero-order valence-corrected chi connectivity index (χ0v) is 5.54. The van der Waals surface area contributed by atoms with E-state index in [9.17, 15) is 0 Å². The zero-order valence-electron chi connectivity index (χ0n) is 5.54. The highest BCUT2D eigenvalue weighted by Crippen LogP contribution is 1.68. The summed E-state index contributed by atoms with van der Waals surface area (Å²) in [7, 11) is 1.77. The molecule has 0 heterocycles. The molecule has 0 radical (unpaired) electrons. The van der Waals surface area contributed by atoms with Gasteiger partial charge in [0.25, 0.3) is 0 Å². The summed E-state index contributed by atoms with van der Waals surface area (Å²) < 4.78 is 0. The van der Waals surface area contributed by atoms with Gasteiger partial charge in [-0.05, 0) is 13.0 Å². The second-order valence-corrected chi connectivity index (χ2v) is 1.41. The first kappa shape index (κ1) is 8.10. The lowest BCUT2D eigenvalue weighted by molar-refractivity contribution is 1.04. The van der Waals surface area contributed by atoms with Crippen LogP contribution in [-0.4, -0.2) is 26.1 Å². The number of nitrogens with one attached hydrogen (secondary N) is 1. The molecule has 0 fully saturated rings. The smallest absolute Gasteiger partial charge is 0.111 e. The van der Waals surface area contributed by atoms with Crippen LogP contribution in [0.5, 0.6) is 0 Å². The van der Waals surface area contributed by atoms with Gasteiger partial charge < -0.3 is 11.1 Å². The van der Waals surface area contributed by atoms with Crippen molar-refractivity contribution in [1.29, 1.82) is 0 Å². The van der Waals surface area contributed by atoms with Gasteiger partial charge in [-0.2, -0.15) is 5.10 Å². The number of hydrogen-bond donors (Lipinski definition) is 2. The number of nitrogens with two attached hydrogens (primary N) is 1. The average Bonchev–Trinajstić information content (AvgIpc) is 1.89. The minimum atomic E-state index is 0.624. The molecule has 0 rings (SSSR count). The maximum Gasteiger partial charge on any atom is 0.111 e. The first-order valence-corrected chi connectivity index (χ1v) is 2.82. The zero-order chi connectivity index (χ0) is 6.95. The summed E-state index contributed by atoms with van der Waals surface area (Å²) in [5.74, 6) is 0. The van der Waals surface area contributed by atoms with E-state index in [1.165, 1.54) is 6.34 Å². The Labute approximate surface area is 54.8 Å². The minimum Gasteiger partial charge on any atom is -0.378 e. The van der Waals surface area contributed by atoms with Crippen molar-refractivity contribution in [3.8, 4) is 0 Å². The molecule has 0 aliphatic heterocycles. The van der Waals surface area contributed by atoms with E-state index < -0.39 is 0 Å². The van der Waals surface area contributed by atoms with Crippen molar-refractivity contribution in [1.82, 2.24) is 5.32 Å². The molecule has 0 unspecified atom stereocenters. The summed E-state index contributed by atoms with van der Waals surface area (Å²) in [6, 6.07) is 0. The van der Waals surface area contributed by atoms with Crippen LogP contribution in [-0.2, 0) is 0 Å². The largest absolute Gasteiger partial charge is 0.378 e. The summed E-state index contributed by atoms with van der Waals surface area (Å²) in [5, 5.41) is 9.97. The van der Waals surface area contributed by atoms with Crippen LogP contribution in [0.4, 0.5) is 0 Å². The molecule has 0 saturated carbocycles. The van der Waals surface area contributed by atoms with E-state index in [1.807, 2.05) is 0 Å². The fourth-order valence-corrected chi connectivity index (χ4v) is 0.270. The molecule has 4 heteroatoms. The van der Waals surface area contributed by atoms with Crippen molar-refractivity contribution < 1.29 is 0 Å². The molecule has 52 valence electrons. The fraction of sp³-hybridized carbons (Fsp3) is 0.600. The Kier molecular flexibility index (Phi) is 6.39. The van der Waals surface area contributed by atoms with E-state index in [-0.39, 0.29) is 0 Å². The van der Waals surface area contributed by atoms with Gasteiger partial charge in [0, 0.05) is 13.3 Å². The fourth-order valence-electron chi connectivity index (χ4n) is 0.270. The maximum atomic E-state index is 5.18. The number of hydrogen-bond acceptors (Lipinski definition) is 3. The standard InChI is InChI=1S/C5H12N4/c1-7-5-9-8-4-2-3-6/h4-5H,2-3,6H2,1H3,(H,7,9)/b8-4+. The van der Waals surface area contributed by atoms with Crippen molar-refractivity contribution in [2.75, 3.05) is 13.6 Å². The lowest BCUT2D eigenvalue weighted by Gasteiger charge is -1.81. The van der Waals surface area contributed by atoms with Crippen LogP contribution in [0.1, 0.15) is 6.42 Å². The Balaban J connectivity index is 3.13. The predicted octanol–water partition coefficient (Wildman–Crippen LogP) is -0.431. The Morgan fingerprint density at radius 1 is 1.56 bits per heavy atom. The Morgan fingerprint density at radius 3 is 2.89 bits per heavy atom. The molecule has 4 nitrogen and oxygen atoms in total. The molecule has 0 bridgehead atoms. The van der Waals surface area contributed by atoms with Gasteiger partial charge in [-0.15, -0.1) is 5.10 Å². The van der Waals surface area contributed by atoms with Gasteiger partial charge in [0.05, 0.1) is 0 Å². The van der Waals surface area contributed by atoms with Crippen LogP contribution in [0.25, 0.3) is 0 Å². The second-order valence-electron chi connectivity index (χ2n) is 1.41. The van der Waals surface area contributed by atoms with Crippen LogP contribution in [0.3, 0.4) is 0 Å². The van der Waals surface area contributed by atoms with Gasteiger partial charge in [-0.3, -0.25) is 0 Å². The third kappa shape index (κ3) is 7.10. The van der Waals surface area contributed by atoms with Crippen molar-refractivity contribution in [2.45, 2.75) is 6.42 Å². The molecule has 0 aromatic rings. The first-order chi connectivity index (χ1) is 4.41. The SMILES string of the molecule is CN/C=N/N=C/CCN. The van der Waals surface area contributed by atoms with Crippen molar-refractivity contribution in [3.63, 3.8) is 0 Å². The molecule has 0 saturated heterocycles. The molecule has 0 atom stereocenters. The highest BCUT2D eigenvalue weighted by atomic mass is 15.2. The summed E-state index contributed by atoms with van der Waals surface area (Å²) in [4.78, 5) is 0. The van der Waals surface area contributed by atoms with Crippen molar-refractivity contribution >= 4 is 12.6 Å². The van der Waals surface area contributed by atoms with Gasteiger partial charge in [-0.25, -0.2) is 0 Å². The lowest BCUT2D eigenvalue weighted by Crippen LogP contribution is -2.00. The minimum absolute atomic E-state index is 0.624. The predicted molar refractivity (Wildman–Crippen MR) is 39.7 cm³/mol. The highest BCUT2D eigenvalue weighted by molar-refractivity contribution is 5.59. The van der Waals surface area contributed by atoms with E-state index in [0.29, 0.717) is 6.54 Å². The van der Waals surface area contributed by atoms with E-state index in [2.05, 4.69) is 15.5 Å². The van der Waals surface area contributed by atoms with E-state index in [4.69, 9.17) is 5.73 Å². The van der Waals surface area contributed by atoms with Gasteiger partial charge in [0.15, 0.2) is 0 Å². The second kappa shape index (κ2) is 7.10. The van der Waals surface area contributed by atoms with Crippen LogP contribution in [0.15, 0.2) is 10.2 Å². The average molecular weight is 128 g/mol. The lowest BCUT2D eigenvalue weighted by atomic mass is 10.5. The summed E-state index contributed by atoms with van der Waals surface area (Å²) >= 11 is 0. The third-order valence-corrected chi connectivity index (χ3v) is 0.631. The van der Waals surface area contributed by atoms with Crippen LogP contribution < -0.4 is 11.1 Å². The van der Waals surface area contributed by atoms with Gasteiger partial charge in [0.2, 0.25) is 0 Å². The molecular weight excluding hydrogens is 116 g/mol. The molecule has 3 N–H and O–H groups in total. The quantitative estimate of drug-likeness (QED) is 0.306.